The zero-order valence-electron chi connectivity index (χ0n) is 17.5. The standard InChI is InChI=1S/C24H29N5/c1-24(2,3)19-9-11-20(12-10-19)26-23-25-14-13-22(27-23)29-17-15-28(16-18-29)21-7-5-4-6-8-21/h4-14H,15-18H2,1-3H3,(H,25,26,27). The van der Waals surface area contributed by atoms with Gasteiger partial charge in [-0.15, -0.1) is 0 Å². The van der Waals surface area contributed by atoms with Crippen molar-refractivity contribution in [3.63, 3.8) is 0 Å². The van der Waals surface area contributed by atoms with E-state index in [1.165, 1.54) is 11.3 Å². The summed E-state index contributed by atoms with van der Waals surface area (Å²) in [6.07, 6.45) is 1.83. The number of benzene rings is 2. The van der Waals surface area contributed by atoms with Crippen LogP contribution in [0.25, 0.3) is 0 Å². The summed E-state index contributed by atoms with van der Waals surface area (Å²) in [6, 6.07) is 21.1. The molecule has 29 heavy (non-hydrogen) atoms. The van der Waals surface area contributed by atoms with Crippen molar-refractivity contribution in [1.29, 1.82) is 0 Å². The zero-order chi connectivity index (χ0) is 20.3. The van der Waals surface area contributed by atoms with Crippen molar-refractivity contribution in [2.24, 2.45) is 0 Å². The molecule has 3 aromatic rings. The largest absolute Gasteiger partial charge is 0.368 e. The van der Waals surface area contributed by atoms with Crippen LogP contribution in [0.1, 0.15) is 26.3 Å². The molecule has 5 heteroatoms. The summed E-state index contributed by atoms with van der Waals surface area (Å²) in [5, 5.41) is 3.34. The van der Waals surface area contributed by atoms with E-state index in [2.05, 4.69) is 95.5 Å². The lowest BCUT2D eigenvalue weighted by atomic mass is 9.87. The molecule has 2 aromatic carbocycles. The molecule has 0 radical (unpaired) electrons. The van der Waals surface area contributed by atoms with Crippen LogP contribution in [-0.4, -0.2) is 36.1 Å². The maximum atomic E-state index is 4.75. The van der Waals surface area contributed by atoms with Gasteiger partial charge in [-0.3, -0.25) is 0 Å². The molecule has 2 heterocycles. The molecular weight excluding hydrogens is 358 g/mol. The highest BCUT2D eigenvalue weighted by Gasteiger charge is 2.19. The summed E-state index contributed by atoms with van der Waals surface area (Å²) in [4.78, 5) is 13.9. The van der Waals surface area contributed by atoms with Gasteiger partial charge in [0.25, 0.3) is 0 Å². The monoisotopic (exact) mass is 387 g/mol. The average Bonchev–Trinajstić information content (AvgIpc) is 2.74. The number of anilines is 4. The van der Waals surface area contributed by atoms with E-state index >= 15 is 0 Å². The Balaban J connectivity index is 1.40. The number of nitrogens with one attached hydrogen (secondary N) is 1. The van der Waals surface area contributed by atoms with Gasteiger partial charge in [0, 0.05) is 43.8 Å². The Morgan fingerprint density at radius 2 is 1.45 bits per heavy atom. The third-order valence-corrected chi connectivity index (χ3v) is 5.37. The van der Waals surface area contributed by atoms with Crippen LogP contribution in [0, 0.1) is 0 Å². The molecule has 1 N–H and O–H groups in total. The number of aromatic nitrogens is 2. The lowest BCUT2D eigenvalue weighted by Crippen LogP contribution is -2.46. The van der Waals surface area contributed by atoms with Crippen LogP contribution in [0.2, 0.25) is 0 Å². The van der Waals surface area contributed by atoms with Gasteiger partial charge in [-0.25, -0.2) is 4.98 Å². The Morgan fingerprint density at radius 1 is 0.793 bits per heavy atom. The number of para-hydroxylation sites is 1. The normalized spacial score (nSPS) is 14.7. The van der Waals surface area contributed by atoms with Crippen molar-refractivity contribution >= 4 is 23.1 Å². The molecule has 1 aromatic heterocycles. The summed E-state index contributed by atoms with van der Waals surface area (Å²) in [7, 11) is 0. The third-order valence-electron chi connectivity index (χ3n) is 5.37. The second-order valence-corrected chi connectivity index (χ2v) is 8.50. The van der Waals surface area contributed by atoms with E-state index in [1.54, 1.807) is 0 Å². The van der Waals surface area contributed by atoms with Crippen LogP contribution in [0.4, 0.5) is 23.1 Å². The van der Waals surface area contributed by atoms with Gasteiger partial charge in [0.1, 0.15) is 5.82 Å². The van der Waals surface area contributed by atoms with Gasteiger partial charge in [0.05, 0.1) is 0 Å². The highest BCUT2D eigenvalue weighted by atomic mass is 15.3. The van der Waals surface area contributed by atoms with Crippen LogP contribution >= 0.6 is 0 Å². The molecule has 0 saturated carbocycles. The van der Waals surface area contributed by atoms with E-state index in [-0.39, 0.29) is 5.41 Å². The van der Waals surface area contributed by atoms with Gasteiger partial charge in [0.2, 0.25) is 5.95 Å². The number of nitrogens with zero attached hydrogens (tertiary/aromatic N) is 4. The smallest absolute Gasteiger partial charge is 0.229 e. The first-order valence-corrected chi connectivity index (χ1v) is 10.2. The van der Waals surface area contributed by atoms with Crippen LogP contribution < -0.4 is 15.1 Å². The highest BCUT2D eigenvalue weighted by Crippen LogP contribution is 2.25. The maximum Gasteiger partial charge on any atom is 0.229 e. The first kappa shape index (κ1) is 19.2. The molecule has 5 nitrogen and oxygen atoms in total. The summed E-state index contributed by atoms with van der Waals surface area (Å²) in [6.45, 7) is 10.5. The Bertz CT molecular complexity index is 923. The van der Waals surface area contributed by atoms with Gasteiger partial charge in [-0.2, -0.15) is 4.98 Å². The molecule has 150 valence electrons. The minimum atomic E-state index is 0.150. The average molecular weight is 388 g/mol. The van der Waals surface area contributed by atoms with Gasteiger partial charge in [-0.1, -0.05) is 51.1 Å². The highest BCUT2D eigenvalue weighted by molar-refractivity contribution is 5.56. The topological polar surface area (TPSA) is 44.3 Å². The molecule has 0 spiro atoms. The first-order chi connectivity index (χ1) is 14.0. The number of rotatable bonds is 4. The Kier molecular flexibility index (Phi) is 5.38. The molecule has 1 saturated heterocycles. The lowest BCUT2D eigenvalue weighted by Gasteiger charge is -2.36. The first-order valence-electron chi connectivity index (χ1n) is 10.2. The van der Waals surface area contributed by atoms with E-state index in [0.717, 1.165) is 37.7 Å². The van der Waals surface area contributed by atoms with E-state index in [1.807, 2.05) is 12.3 Å². The summed E-state index contributed by atoms with van der Waals surface area (Å²) in [5.74, 6) is 1.61. The third kappa shape index (κ3) is 4.67. The second kappa shape index (κ2) is 8.11. The predicted molar refractivity (Wildman–Crippen MR) is 121 cm³/mol. The van der Waals surface area contributed by atoms with Crippen molar-refractivity contribution in [1.82, 2.24) is 9.97 Å². The van der Waals surface area contributed by atoms with E-state index in [4.69, 9.17) is 4.98 Å². The number of piperazine rings is 1. The van der Waals surface area contributed by atoms with Gasteiger partial charge in [0.15, 0.2) is 0 Å². The fourth-order valence-electron chi connectivity index (χ4n) is 3.60. The van der Waals surface area contributed by atoms with Crippen molar-refractivity contribution in [2.45, 2.75) is 26.2 Å². The van der Waals surface area contributed by atoms with Crippen molar-refractivity contribution in [2.75, 3.05) is 41.3 Å². The summed E-state index contributed by atoms with van der Waals surface area (Å²) >= 11 is 0. The minimum absolute atomic E-state index is 0.150. The van der Waals surface area contributed by atoms with E-state index in [9.17, 15) is 0 Å². The van der Waals surface area contributed by atoms with Gasteiger partial charge < -0.3 is 15.1 Å². The Hall–Kier alpha value is -3.08. The van der Waals surface area contributed by atoms with E-state index in [0.29, 0.717) is 5.95 Å². The van der Waals surface area contributed by atoms with Crippen LogP contribution in [0.5, 0.6) is 0 Å². The quantitative estimate of drug-likeness (QED) is 0.694. The maximum absolute atomic E-state index is 4.75. The second-order valence-electron chi connectivity index (χ2n) is 8.50. The van der Waals surface area contributed by atoms with Crippen molar-refractivity contribution < 1.29 is 0 Å². The molecule has 0 bridgehead atoms. The SMILES string of the molecule is CC(C)(C)c1ccc(Nc2nccc(N3CCN(c4ccccc4)CC3)n2)cc1. The fourth-order valence-corrected chi connectivity index (χ4v) is 3.60. The zero-order valence-corrected chi connectivity index (χ0v) is 17.5. The molecule has 0 unspecified atom stereocenters. The Labute approximate surface area is 173 Å². The van der Waals surface area contributed by atoms with Crippen molar-refractivity contribution in [3.8, 4) is 0 Å². The molecule has 0 amide bonds. The predicted octanol–water partition coefficient (Wildman–Crippen LogP) is 4.84. The molecule has 1 fully saturated rings. The molecule has 1 aliphatic rings. The van der Waals surface area contributed by atoms with Crippen LogP contribution in [0.3, 0.4) is 0 Å². The Morgan fingerprint density at radius 3 is 2.10 bits per heavy atom. The van der Waals surface area contributed by atoms with Crippen molar-refractivity contribution in [3.05, 3.63) is 72.4 Å². The van der Waals surface area contributed by atoms with Crippen LogP contribution in [0.15, 0.2) is 66.9 Å². The molecular formula is C24H29N5. The fraction of sp³-hybridized carbons (Fsp3) is 0.333. The minimum Gasteiger partial charge on any atom is -0.368 e. The number of hydrogen-bond donors (Lipinski definition) is 1. The molecule has 1 aliphatic heterocycles. The summed E-state index contributed by atoms with van der Waals surface area (Å²) in [5.41, 5.74) is 3.76. The molecule has 0 aliphatic carbocycles. The number of hydrogen-bond acceptors (Lipinski definition) is 5. The van der Waals surface area contributed by atoms with Gasteiger partial charge >= 0.3 is 0 Å². The molecule has 4 rings (SSSR count). The summed E-state index contributed by atoms with van der Waals surface area (Å²) < 4.78 is 0. The van der Waals surface area contributed by atoms with Gasteiger partial charge in [-0.05, 0) is 41.3 Å². The van der Waals surface area contributed by atoms with Crippen LogP contribution in [-0.2, 0) is 5.41 Å². The lowest BCUT2D eigenvalue weighted by molar-refractivity contribution is 0.590. The molecule has 0 atom stereocenters. The van der Waals surface area contributed by atoms with E-state index < -0.39 is 0 Å².